The second kappa shape index (κ2) is 5.49. The molecule has 1 aromatic carbocycles. The van der Waals surface area contributed by atoms with Crippen molar-refractivity contribution in [3.05, 3.63) is 29.8 Å². The van der Waals surface area contributed by atoms with Gasteiger partial charge in [0.15, 0.2) is 0 Å². The normalized spacial score (nSPS) is 12.4. The van der Waals surface area contributed by atoms with Gasteiger partial charge in [-0.05, 0) is 31.2 Å². The molecular weight excluding hydrogens is 236 g/mol. The average Bonchev–Trinajstić information content (AvgIpc) is 2.28. The number of benzene rings is 1. The molecule has 1 atom stereocenters. The van der Waals surface area contributed by atoms with Crippen LogP contribution in [0.5, 0.6) is 0 Å². The van der Waals surface area contributed by atoms with Crippen LogP contribution in [-0.4, -0.2) is 14.5 Å². The Hall–Kier alpha value is -1.82. The number of hydrogen-bond acceptors (Lipinski definition) is 3. The maximum absolute atomic E-state index is 11.9. The number of terminal acetylenes is 1. The highest BCUT2D eigenvalue weighted by Crippen LogP contribution is 2.10. The van der Waals surface area contributed by atoms with E-state index in [4.69, 9.17) is 11.7 Å². The van der Waals surface area contributed by atoms with E-state index in [2.05, 4.69) is 10.6 Å². The Labute approximate surface area is 101 Å². The number of rotatable bonds is 4. The quantitative estimate of drug-likeness (QED) is 0.815. The smallest absolute Gasteiger partial charge is 0.207 e. The van der Waals surface area contributed by atoms with Gasteiger partial charge in [0.25, 0.3) is 0 Å². The summed E-state index contributed by atoms with van der Waals surface area (Å²) in [7, 11) is -3.56. The van der Waals surface area contributed by atoms with Crippen molar-refractivity contribution in [1.82, 2.24) is 4.72 Å². The lowest BCUT2D eigenvalue weighted by Gasteiger charge is -2.11. The largest absolute Gasteiger partial charge is 0.240 e. The first-order valence-corrected chi connectivity index (χ1v) is 6.44. The first-order chi connectivity index (χ1) is 7.99. The summed E-state index contributed by atoms with van der Waals surface area (Å²) in [5.74, 6) is 2.39. The first-order valence-electron chi connectivity index (χ1n) is 4.95. The predicted octanol–water partition coefficient (Wildman–Crippen LogP) is 1.25. The number of nitrogens with one attached hydrogen (secondary N) is 1. The lowest BCUT2D eigenvalue weighted by molar-refractivity contribution is 0.563. The summed E-state index contributed by atoms with van der Waals surface area (Å²) in [6, 6.07) is 7.31. The maximum Gasteiger partial charge on any atom is 0.240 e. The molecule has 0 saturated carbocycles. The molecule has 5 heteroatoms. The molecule has 88 valence electrons. The Balaban J connectivity index is 2.91. The van der Waals surface area contributed by atoms with Gasteiger partial charge in [-0.25, -0.2) is 13.1 Å². The highest BCUT2D eigenvalue weighted by molar-refractivity contribution is 7.89. The molecule has 1 aromatic rings. The molecule has 0 heterocycles. The Morgan fingerprint density at radius 2 is 2.00 bits per heavy atom. The van der Waals surface area contributed by atoms with Crippen LogP contribution in [0.4, 0.5) is 0 Å². The molecule has 4 nitrogen and oxygen atoms in total. The Kier molecular flexibility index (Phi) is 4.28. The molecule has 1 N–H and O–H groups in total. The monoisotopic (exact) mass is 248 g/mol. The van der Waals surface area contributed by atoms with Gasteiger partial charge in [0, 0.05) is 12.5 Å². The minimum Gasteiger partial charge on any atom is -0.207 e. The Morgan fingerprint density at radius 1 is 1.41 bits per heavy atom. The van der Waals surface area contributed by atoms with E-state index in [9.17, 15) is 8.42 Å². The summed E-state index contributed by atoms with van der Waals surface area (Å²) in [5.41, 5.74) is 0.417. The van der Waals surface area contributed by atoms with E-state index in [0.717, 1.165) is 0 Å². The molecule has 0 spiro atoms. The first kappa shape index (κ1) is 13.2. The zero-order chi connectivity index (χ0) is 12.9. The molecule has 0 bridgehead atoms. The second-order valence-corrected chi connectivity index (χ2v) is 5.28. The van der Waals surface area contributed by atoms with Gasteiger partial charge in [0.1, 0.15) is 0 Å². The van der Waals surface area contributed by atoms with Crippen molar-refractivity contribution in [2.45, 2.75) is 24.3 Å². The fraction of sp³-hybridized carbons (Fsp3) is 0.250. The Morgan fingerprint density at radius 3 is 2.47 bits per heavy atom. The molecule has 0 fully saturated rings. The standard InChI is InChI=1S/C12H12N2O2S/c1-3-4-10(2)14-17(15,16)12-7-5-11(9-13)6-8-12/h1,5-8,10,14H,4H2,2H3. The van der Waals surface area contributed by atoms with Crippen LogP contribution in [-0.2, 0) is 10.0 Å². The number of nitrogens with zero attached hydrogens (tertiary/aromatic N) is 1. The van der Waals surface area contributed by atoms with Gasteiger partial charge in [-0.1, -0.05) is 0 Å². The van der Waals surface area contributed by atoms with Gasteiger partial charge in [0.05, 0.1) is 16.5 Å². The molecule has 0 aliphatic heterocycles. The zero-order valence-electron chi connectivity index (χ0n) is 9.34. The minimum atomic E-state index is -3.56. The van der Waals surface area contributed by atoms with Crippen molar-refractivity contribution in [2.75, 3.05) is 0 Å². The summed E-state index contributed by atoms with van der Waals surface area (Å²) < 4.78 is 26.2. The number of nitriles is 1. The molecule has 1 rings (SSSR count). The molecule has 0 aliphatic rings. The van der Waals surface area contributed by atoms with Crippen LogP contribution in [0.15, 0.2) is 29.2 Å². The van der Waals surface area contributed by atoms with Crippen molar-refractivity contribution in [3.8, 4) is 18.4 Å². The summed E-state index contributed by atoms with van der Waals surface area (Å²) in [6.45, 7) is 1.70. The third kappa shape index (κ3) is 3.60. The molecule has 17 heavy (non-hydrogen) atoms. The molecule has 0 radical (unpaired) electrons. The molecule has 1 unspecified atom stereocenters. The topological polar surface area (TPSA) is 70.0 Å². The Bertz CT molecular complexity index is 562. The van der Waals surface area contributed by atoms with Crippen LogP contribution in [0.2, 0.25) is 0 Å². The van der Waals surface area contributed by atoms with E-state index in [0.29, 0.717) is 12.0 Å². The predicted molar refractivity (Wildman–Crippen MR) is 64.4 cm³/mol. The molecule has 0 aliphatic carbocycles. The summed E-state index contributed by atoms with van der Waals surface area (Å²) in [6.07, 6.45) is 5.43. The maximum atomic E-state index is 11.9. The van der Waals surface area contributed by atoms with Crippen molar-refractivity contribution < 1.29 is 8.42 Å². The van der Waals surface area contributed by atoms with E-state index in [1.807, 2.05) is 6.07 Å². The van der Waals surface area contributed by atoms with E-state index < -0.39 is 10.0 Å². The fourth-order valence-corrected chi connectivity index (χ4v) is 2.50. The van der Waals surface area contributed by atoms with Crippen LogP contribution in [0, 0.1) is 23.7 Å². The van der Waals surface area contributed by atoms with E-state index in [1.165, 1.54) is 24.3 Å². The van der Waals surface area contributed by atoms with E-state index in [-0.39, 0.29) is 10.9 Å². The lowest BCUT2D eigenvalue weighted by atomic mass is 10.2. The van der Waals surface area contributed by atoms with Gasteiger partial charge < -0.3 is 0 Å². The summed E-state index contributed by atoms with van der Waals surface area (Å²) in [4.78, 5) is 0.125. The van der Waals surface area contributed by atoms with E-state index in [1.54, 1.807) is 6.92 Å². The van der Waals surface area contributed by atoms with Crippen LogP contribution >= 0.6 is 0 Å². The van der Waals surface area contributed by atoms with Crippen LogP contribution in [0.3, 0.4) is 0 Å². The third-order valence-corrected chi connectivity index (χ3v) is 3.68. The highest BCUT2D eigenvalue weighted by Gasteiger charge is 2.16. The molecule has 0 aromatic heterocycles. The van der Waals surface area contributed by atoms with Gasteiger partial charge in [-0.2, -0.15) is 5.26 Å². The van der Waals surface area contributed by atoms with Gasteiger partial charge in [-0.15, -0.1) is 12.3 Å². The molecule has 0 amide bonds. The molecular formula is C12H12N2O2S. The number of hydrogen-bond donors (Lipinski definition) is 1. The van der Waals surface area contributed by atoms with Crippen molar-refractivity contribution in [2.24, 2.45) is 0 Å². The second-order valence-electron chi connectivity index (χ2n) is 3.57. The van der Waals surface area contributed by atoms with Gasteiger partial charge >= 0.3 is 0 Å². The third-order valence-electron chi connectivity index (χ3n) is 2.07. The van der Waals surface area contributed by atoms with Crippen LogP contribution < -0.4 is 4.72 Å². The molecule has 0 saturated heterocycles. The SMILES string of the molecule is C#CCC(C)NS(=O)(=O)c1ccc(C#N)cc1. The average molecular weight is 248 g/mol. The van der Waals surface area contributed by atoms with Crippen LogP contribution in [0.1, 0.15) is 18.9 Å². The summed E-state index contributed by atoms with van der Waals surface area (Å²) >= 11 is 0. The van der Waals surface area contributed by atoms with Gasteiger partial charge in [0.2, 0.25) is 10.0 Å². The van der Waals surface area contributed by atoms with Crippen molar-refractivity contribution in [1.29, 1.82) is 5.26 Å². The van der Waals surface area contributed by atoms with E-state index >= 15 is 0 Å². The number of sulfonamides is 1. The fourth-order valence-electron chi connectivity index (χ4n) is 1.26. The van der Waals surface area contributed by atoms with Crippen LogP contribution in [0.25, 0.3) is 0 Å². The van der Waals surface area contributed by atoms with Crippen molar-refractivity contribution >= 4 is 10.0 Å². The minimum absolute atomic E-state index is 0.125. The summed E-state index contributed by atoms with van der Waals surface area (Å²) in [5, 5.41) is 8.61. The lowest BCUT2D eigenvalue weighted by Crippen LogP contribution is -2.32. The van der Waals surface area contributed by atoms with Gasteiger partial charge in [-0.3, -0.25) is 0 Å². The zero-order valence-corrected chi connectivity index (χ0v) is 10.2. The van der Waals surface area contributed by atoms with Crippen molar-refractivity contribution in [3.63, 3.8) is 0 Å². The highest BCUT2D eigenvalue weighted by atomic mass is 32.2.